The molecule has 0 unspecified atom stereocenters. The maximum absolute atomic E-state index is 12.2. The number of carbonyl (C=O) groups excluding carboxylic acids is 1. The standard InChI is InChI=1S/C26H24Cl3N5O2/c1-2-36-26(25(30)35)11-13-33(14-12-26)21-15-20(29)31-24-22(16-7-9-17(27)10-8-16)23(32-34(21)24)18-5-3-4-6-19(18)28/h3-10,15H,2,11-14H2,1H3,(H2,30,35). The Kier molecular flexibility index (Phi) is 6.83. The summed E-state index contributed by atoms with van der Waals surface area (Å²) in [5.74, 6) is 0.320. The second-order valence-electron chi connectivity index (χ2n) is 8.66. The third-order valence-corrected chi connectivity index (χ3v) is 7.34. The molecule has 5 rings (SSSR count). The highest BCUT2D eigenvalue weighted by Gasteiger charge is 2.41. The van der Waals surface area contributed by atoms with Crippen LogP contribution in [0, 0.1) is 0 Å². The van der Waals surface area contributed by atoms with Crippen LogP contribution in [0.25, 0.3) is 28.0 Å². The quantitative estimate of drug-likeness (QED) is 0.306. The Morgan fingerprint density at radius 3 is 2.42 bits per heavy atom. The van der Waals surface area contributed by atoms with E-state index in [-0.39, 0.29) is 0 Å². The summed E-state index contributed by atoms with van der Waals surface area (Å²) in [5, 5.41) is 6.51. The van der Waals surface area contributed by atoms with E-state index >= 15 is 0 Å². The zero-order valence-electron chi connectivity index (χ0n) is 19.5. The van der Waals surface area contributed by atoms with E-state index in [1.807, 2.05) is 55.5 Å². The lowest BCUT2D eigenvalue weighted by Gasteiger charge is -2.40. The minimum Gasteiger partial charge on any atom is -0.367 e. The van der Waals surface area contributed by atoms with Crippen LogP contribution in [-0.2, 0) is 9.53 Å². The van der Waals surface area contributed by atoms with Crippen molar-refractivity contribution in [3.05, 3.63) is 69.8 Å². The Morgan fingerprint density at radius 2 is 1.78 bits per heavy atom. The minimum absolute atomic E-state index is 0.329. The normalized spacial score (nSPS) is 15.4. The SMILES string of the molecule is CCOC1(C(N)=O)CCN(c2cc(Cl)nc3c(-c4ccc(Cl)cc4)c(-c4ccccc4Cl)nn23)CC1. The van der Waals surface area contributed by atoms with Crippen LogP contribution in [0.5, 0.6) is 0 Å². The third-order valence-electron chi connectivity index (χ3n) is 6.57. The van der Waals surface area contributed by atoms with Gasteiger partial charge < -0.3 is 15.4 Å². The number of aromatic nitrogens is 3. The summed E-state index contributed by atoms with van der Waals surface area (Å²) < 4.78 is 7.59. The van der Waals surface area contributed by atoms with Crippen molar-refractivity contribution >= 4 is 52.2 Å². The molecule has 0 aliphatic carbocycles. The number of amides is 1. The lowest BCUT2D eigenvalue weighted by Crippen LogP contribution is -2.54. The molecule has 1 aliphatic rings. The van der Waals surface area contributed by atoms with Gasteiger partial charge in [0.1, 0.15) is 22.3 Å². The highest BCUT2D eigenvalue weighted by atomic mass is 35.5. The van der Waals surface area contributed by atoms with Crippen LogP contribution < -0.4 is 10.6 Å². The summed E-state index contributed by atoms with van der Waals surface area (Å²) >= 11 is 19.3. The molecule has 7 nitrogen and oxygen atoms in total. The molecule has 10 heteroatoms. The summed E-state index contributed by atoms with van der Waals surface area (Å²) in [4.78, 5) is 19.0. The van der Waals surface area contributed by atoms with Crippen LogP contribution in [0.1, 0.15) is 19.8 Å². The first-order valence-corrected chi connectivity index (χ1v) is 12.8. The molecule has 1 amide bonds. The number of nitrogens with two attached hydrogens (primary N) is 1. The number of benzene rings is 2. The maximum atomic E-state index is 12.2. The third kappa shape index (κ3) is 4.41. The molecule has 1 saturated heterocycles. The Balaban J connectivity index is 1.67. The van der Waals surface area contributed by atoms with Gasteiger partial charge in [0.2, 0.25) is 5.91 Å². The first-order valence-electron chi connectivity index (χ1n) is 11.6. The van der Waals surface area contributed by atoms with Gasteiger partial charge in [0.15, 0.2) is 5.65 Å². The number of anilines is 1. The van der Waals surface area contributed by atoms with Crippen molar-refractivity contribution in [1.29, 1.82) is 0 Å². The van der Waals surface area contributed by atoms with Crippen LogP contribution in [0.15, 0.2) is 54.6 Å². The molecule has 1 fully saturated rings. The number of nitrogens with zero attached hydrogens (tertiary/aromatic N) is 4. The largest absolute Gasteiger partial charge is 0.367 e. The second-order valence-corrected chi connectivity index (χ2v) is 9.89. The van der Waals surface area contributed by atoms with Crippen molar-refractivity contribution in [3.63, 3.8) is 0 Å². The molecule has 0 radical (unpaired) electrons. The average Bonchev–Trinajstić information content (AvgIpc) is 3.24. The topological polar surface area (TPSA) is 85.8 Å². The lowest BCUT2D eigenvalue weighted by molar-refractivity contribution is -0.146. The van der Waals surface area contributed by atoms with Gasteiger partial charge in [0.05, 0.1) is 10.6 Å². The summed E-state index contributed by atoms with van der Waals surface area (Å²) in [6.45, 7) is 3.35. The summed E-state index contributed by atoms with van der Waals surface area (Å²) in [6.07, 6.45) is 0.917. The number of hydrogen-bond acceptors (Lipinski definition) is 5. The molecule has 1 aliphatic heterocycles. The number of ether oxygens (including phenoxy) is 1. The van der Waals surface area contributed by atoms with Crippen molar-refractivity contribution in [2.75, 3.05) is 24.6 Å². The van der Waals surface area contributed by atoms with Gasteiger partial charge in [-0.05, 0) is 30.7 Å². The number of piperidine rings is 1. The van der Waals surface area contributed by atoms with Crippen molar-refractivity contribution in [2.24, 2.45) is 5.73 Å². The second kappa shape index (κ2) is 9.90. The monoisotopic (exact) mass is 543 g/mol. The van der Waals surface area contributed by atoms with Gasteiger partial charge in [0, 0.05) is 49.2 Å². The van der Waals surface area contributed by atoms with Gasteiger partial charge in [0.25, 0.3) is 0 Å². The number of carbonyl (C=O) groups is 1. The fourth-order valence-corrected chi connectivity index (χ4v) is 5.29. The van der Waals surface area contributed by atoms with Crippen LogP contribution in [0.3, 0.4) is 0 Å². The van der Waals surface area contributed by atoms with E-state index in [4.69, 9.17) is 50.4 Å². The molecule has 0 atom stereocenters. The molecule has 0 saturated carbocycles. The van der Waals surface area contributed by atoms with E-state index in [0.717, 1.165) is 22.5 Å². The molecule has 36 heavy (non-hydrogen) atoms. The zero-order chi connectivity index (χ0) is 25.4. The van der Waals surface area contributed by atoms with Gasteiger partial charge in [-0.3, -0.25) is 4.79 Å². The van der Waals surface area contributed by atoms with Gasteiger partial charge in [-0.25, -0.2) is 4.98 Å². The summed E-state index contributed by atoms with van der Waals surface area (Å²) in [6, 6.07) is 16.8. The Labute approximate surface area is 223 Å². The van der Waals surface area contributed by atoms with Crippen molar-refractivity contribution in [1.82, 2.24) is 14.6 Å². The maximum Gasteiger partial charge on any atom is 0.249 e. The summed E-state index contributed by atoms with van der Waals surface area (Å²) in [5.41, 5.74) is 8.46. The highest BCUT2D eigenvalue weighted by Crippen LogP contribution is 2.40. The van der Waals surface area contributed by atoms with E-state index in [9.17, 15) is 4.79 Å². The molecule has 2 aromatic heterocycles. The number of halogens is 3. The van der Waals surface area contributed by atoms with Crippen LogP contribution >= 0.6 is 34.8 Å². The Hall–Kier alpha value is -2.84. The molecule has 4 aromatic rings. The molecular formula is C26H24Cl3N5O2. The molecule has 186 valence electrons. The molecular weight excluding hydrogens is 521 g/mol. The fraction of sp³-hybridized carbons (Fsp3) is 0.269. The molecule has 0 spiro atoms. The summed E-state index contributed by atoms with van der Waals surface area (Å²) in [7, 11) is 0. The van der Waals surface area contributed by atoms with Gasteiger partial charge >= 0.3 is 0 Å². The van der Waals surface area contributed by atoms with E-state index in [0.29, 0.717) is 59.1 Å². The van der Waals surface area contributed by atoms with Gasteiger partial charge in [-0.15, -0.1) is 0 Å². The van der Waals surface area contributed by atoms with E-state index < -0.39 is 11.5 Å². The average molecular weight is 545 g/mol. The first-order chi connectivity index (χ1) is 17.3. The zero-order valence-corrected chi connectivity index (χ0v) is 21.8. The predicted molar refractivity (Wildman–Crippen MR) is 144 cm³/mol. The van der Waals surface area contributed by atoms with Crippen LogP contribution in [-0.4, -0.2) is 45.8 Å². The van der Waals surface area contributed by atoms with Crippen molar-refractivity contribution in [3.8, 4) is 22.4 Å². The minimum atomic E-state index is -0.970. The first kappa shape index (κ1) is 24.8. The Bertz CT molecular complexity index is 1430. The number of hydrogen-bond donors (Lipinski definition) is 1. The van der Waals surface area contributed by atoms with E-state index in [2.05, 4.69) is 9.88 Å². The number of rotatable bonds is 6. The molecule has 0 bridgehead atoms. The Morgan fingerprint density at radius 1 is 1.08 bits per heavy atom. The number of primary amides is 1. The lowest BCUT2D eigenvalue weighted by atomic mass is 9.90. The van der Waals surface area contributed by atoms with Crippen LogP contribution in [0.4, 0.5) is 5.82 Å². The smallest absolute Gasteiger partial charge is 0.249 e. The predicted octanol–water partition coefficient (Wildman–Crippen LogP) is 5.88. The molecule has 3 heterocycles. The van der Waals surface area contributed by atoms with Crippen molar-refractivity contribution in [2.45, 2.75) is 25.4 Å². The number of fused-ring (bicyclic) bond motifs is 1. The van der Waals surface area contributed by atoms with E-state index in [1.165, 1.54) is 0 Å². The molecule has 2 aromatic carbocycles. The van der Waals surface area contributed by atoms with Gasteiger partial charge in [-0.1, -0.05) is 65.1 Å². The van der Waals surface area contributed by atoms with E-state index in [1.54, 1.807) is 10.6 Å². The molecule has 2 N–H and O–H groups in total. The van der Waals surface area contributed by atoms with Crippen LogP contribution in [0.2, 0.25) is 15.2 Å². The fourth-order valence-electron chi connectivity index (χ4n) is 4.76. The van der Waals surface area contributed by atoms with Gasteiger partial charge in [-0.2, -0.15) is 9.61 Å². The van der Waals surface area contributed by atoms with Crippen molar-refractivity contribution < 1.29 is 9.53 Å². The highest BCUT2D eigenvalue weighted by molar-refractivity contribution is 6.33.